The van der Waals surface area contributed by atoms with E-state index in [1.807, 2.05) is 61.5 Å². The second-order valence-electron chi connectivity index (χ2n) is 6.28. The highest BCUT2D eigenvalue weighted by molar-refractivity contribution is 5.85. The molecule has 2 aromatic carbocycles. The average molecular weight is 403 g/mol. The van der Waals surface area contributed by atoms with Crippen LogP contribution < -0.4 is 10.5 Å². The molecule has 148 valence electrons. The third-order valence-electron chi connectivity index (χ3n) is 4.22. The number of carbonyl (C=O) groups is 1. The van der Waals surface area contributed by atoms with Crippen molar-refractivity contribution in [2.24, 2.45) is 5.73 Å². The zero-order valence-corrected chi connectivity index (χ0v) is 16.3. The van der Waals surface area contributed by atoms with Crippen LogP contribution in [0.1, 0.15) is 17.0 Å². The monoisotopic (exact) mass is 402 g/mol. The number of aromatic nitrogens is 1. The number of benzene rings is 2. The van der Waals surface area contributed by atoms with Gasteiger partial charge in [0.05, 0.1) is 12.3 Å². The molecule has 0 aliphatic heterocycles. The van der Waals surface area contributed by atoms with E-state index in [4.69, 9.17) is 20.0 Å². The maximum atomic E-state index is 10.8. The fraction of sp³-hybridized carbons (Fsp3) is 0.238. The Balaban J connectivity index is 0.00000280. The van der Waals surface area contributed by atoms with Crippen molar-refractivity contribution in [3.8, 4) is 17.2 Å². The minimum Gasteiger partial charge on any atom is -0.493 e. The van der Waals surface area contributed by atoms with Crippen LogP contribution >= 0.6 is 12.4 Å². The van der Waals surface area contributed by atoms with E-state index in [1.54, 1.807) is 0 Å². The van der Waals surface area contributed by atoms with Gasteiger partial charge < -0.3 is 20.0 Å². The van der Waals surface area contributed by atoms with Crippen molar-refractivity contribution < 1.29 is 19.1 Å². The third-order valence-corrected chi connectivity index (χ3v) is 4.22. The molecule has 0 aliphatic carbocycles. The van der Waals surface area contributed by atoms with Gasteiger partial charge in [0.25, 0.3) is 0 Å². The van der Waals surface area contributed by atoms with Gasteiger partial charge in [0.1, 0.15) is 17.6 Å². The highest BCUT2D eigenvalue weighted by atomic mass is 35.5. The third kappa shape index (κ3) is 5.58. The van der Waals surface area contributed by atoms with Gasteiger partial charge >= 0.3 is 5.97 Å². The van der Waals surface area contributed by atoms with Gasteiger partial charge in [-0.3, -0.25) is 4.79 Å². The first-order chi connectivity index (χ1) is 13.0. The molecule has 1 unspecified atom stereocenters. The predicted molar refractivity (Wildman–Crippen MR) is 109 cm³/mol. The molecule has 0 spiro atoms. The Morgan fingerprint density at radius 3 is 2.50 bits per heavy atom. The lowest BCUT2D eigenvalue weighted by molar-refractivity contribution is -0.138. The summed E-state index contributed by atoms with van der Waals surface area (Å²) in [5, 5.41) is 8.86. The Morgan fingerprint density at radius 1 is 1.18 bits per heavy atom. The Hall–Kier alpha value is -2.83. The zero-order valence-electron chi connectivity index (χ0n) is 15.5. The van der Waals surface area contributed by atoms with E-state index in [9.17, 15) is 4.79 Å². The van der Waals surface area contributed by atoms with Gasteiger partial charge in [-0.1, -0.05) is 30.3 Å². The van der Waals surface area contributed by atoms with Gasteiger partial charge in [-0.2, -0.15) is 0 Å². The molecule has 1 atom stereocenters. The van der Waals surface area contributed by atoms with E-state index in [1.165, 1.54) is 0 Å². The summed E-state index contributed by atoms with van der Waals surface area (Å²) < 4.78 is 11.5. The second-order valence-corrected chi connectivity index (χ2v) is 6.28. The standard InChI is InChI=1S/C21H22N2O4.ClH/c1-14-19(23-20(27-14)16-5-3-2-4-6-16)11-12-26-17-9-7-15(8-10-17)13-18(22)21(24)25;/h2-10,18H,11-13,22H2,1H3,(H,24,25);1H. The molecule has 0 bridgehead atoms. The Bertz CT molecular complexity index is 895. The smallest absolute Gasteiger partial charge is 0.320 e. The summed E-state index contributed by atoms with van der Waals surface area (Å²) in [6, 6.07) is 16.2. The molecule has 0 amide bonds. The summed E-state index contributed by atoms with van der Waals surface area (Å²) in [4.78, 5) is 15.4. The Morgan fingerprint density at radius 2 is 1.86 bits per heavy atom. The van der Waals surface area contributed by atoms with Crippen LogP contribution in [-0.4, -0.2) is 28.7 Å². The van der Waals surface area contributed by atoms with Gasteiger partial charge in [-0.05, 0) is 43.2 Å². The van der Waals surface area contributed by atoms with E-state index in [0.29, 0.717) is 24.7 Å². The highest BCUT2D eigenvalue weighted by Gasteiger charge is 2.13. The predicted octanol–water partition coefficient (Wildman–Crippen LogP) is 3.65. The highest BCUT2D eigenvalue weighted by Crippen LogP contribution is 2.22. The summed E-state index contributed by atoms with van der Waals surface area (Å²) in [5.74, 6) is 1.11. The van der Waals surface area contributed by atoms with E-state index in [0.717, 1.165) is 22.6 Å². The van der Waals surface area contributed by atoms with Gasteiger partial charge in [0.15, 0.2) is 0 Å². The molecule has 28 heavy (non-hydrogen) atoms. The first-order valence-electron chi connectivity index (χ1n) is 8.75. The second kappa shape index (κ2) is 9.92. The number of nitrogens with zero attached hydrogens (tertiary/aromatic N) is 1. The van der Waals surface area contributed by atoms with Crippen LogP contribution in [0.5, 0.6) is 5.75 Å². The fourth-order valence-corrected chi connectivity index (χ4v) is 2.69. The molecule has 0 fully saturated rings. The average Bonchev–Trinajstić information content (AvgIpc) is 3.04. The summed E-state index contributed by atoms with van der Waals surface area (Å²) in [5.41, 5.74) is 8.22. The quantitative estimate of drug-likeness (QED) is 0.596. The van der Waals surface area contributed by atoms with Crippen molar-refractivity contribution in [3.05, 3.63) is 71.6 Å². The molecular formula is C21H23ClN2O4. The first-order valence-corrected chi connectivity index (χ1v) is 8.75. The number of hydrogen-bond acceptors (Lipinski definition) is 5. The maximum Gasteiger partial charge on any atom is 0.320 e. The largest absolute Gasteiger partial charge is 0.493 e. The van der Waals surface area contributed by atoms with Crippen molar-refractivity contribution in [2.75, 3.05) is 6.61 Å². The molecule has 0 saturated carbocycles. The lowest BCUT2D eigenvalue weighted by atomic mass is 10.1. The Labute approximate surface area is 169 Å². The van der Waals surface area contributed by atoms with Crippen LogP contribution in [0, 0.1) is 6.92 Å². The molecule has 3 aromatic rings. The van der Waals surface area contributed by atoms with Crippen LogP contribution in [-0.2, 0) is 17.6 Å². The minimum absolute atomic E-state index is 0. The number of ether oxygens (including phenoxy) is 1. The molecule has 7 heteroatoms. The number of aliphatic carboxylic acids is 1. The zero-order chi connectivity index (χ0) is 19.2. The van der Waals surface area contributed by atoms with Crippen molar-refractivity contribution >= 4 is 18.4 Å². The maximum absolute atomic E-state index is 10.8. The lowest BCUT2D eigenvalue weighted by Gasteiger charge is -2.08. The van der Waals surface area contributed by atoms with E-state index in [2.05, 4.69) is 4.98 Å². The number of carboxylic acids is 1. The molecule has 3 rings (SSSR count). The van der Waals surface area contributed by atoms with Crippen LogP contribution in [0.2, 0.25) is 0 Å². The molecular weight excluding hydrogens is 380 g/mol. The van der Waals surface area contributed by atoms with Crippen LogP contribution in [0.15, 0.2) is 59.0 Å². The van der Waals surface area contributed by atoms with E-state index >= 15 is 0 Å². The SMILES string of the molecule is Cc1oc(-c2ccccc2)nc1CCOc1ccc(CC(N)C(=O)O)cc1.Cl. The topological polar surface area (TPSA) is 98.6 Å². The van der Waals surface area contributed by atoms with Crippen molar-refractivity contribution in [2.45, 2.75) is 25.8 Å². The fourth-order valence-electron chi connectivity index (χ4n) is 2.69. The minimum atomic E-state index is -1.01. The van der Waals surface area contributed by atoms with Crippen molar-refractivity contribution in [1.29, 1.82) is 0 Å². The Kier molecular flexibility index (Phi) is 7.61. The number of halogens is 1. The van der Waals surface area contributed by atoms with Gasteiger partial charge in [-0.25, -0.2) is 4.98 Å². The van der Waals surface area contributed by atoms with E-state index < -0.39 is 12.0 Å². The van der Waals surface area contributed by atoms with Crippen molar-refractivity contribution in [3.63, 3.8) is 0 Å². The van der Waals surface area contributed by atoms with Gasteiger partial charge in [0, 0.05) is 12.0 Å². The van der Waals surface area contributed by atoms with E-state index in [-0.39, 0.29) is 18.8 Å². The molecule has 0 saturated heterocycles. The number of aryl methyl sites for hydroxylation is 1. The van der Waals surface area contributed by atoms with Crippen LogP contribution in [0.25, 0.3) is 11.5 Å². The van der Waals surface area contributed by atoms with Crippen molar-refractivity contribution in [1.82, 2.24) is 4.98 Å². The number of oxazole rings is 1. The summed E-state index contributed by atoms with van der Waals surface area (Å²) in [6.45, 7) is 2.37. The van der Waals surface area contributed by atoms with Gasteiger partial charge in [-0.15, -0.1) is 12.4 Å². The summed E-state index contributed by atoms with van der Waals surface area (Å²) >= 11 is 0. The normalized spacial score (nSPS) is 11.5. The molecule has 3 N–H and O–H groups in total. The lowest BCUT2D eigenvalue weighted by Crippen LogP contribution is -2.32. The number of hydrogen-bond donors (Lipinski definition) is 2. The molecule has 0 radical (unpaired) electrons. The van der Waals surface area contributed by atoms with Crippen LogP contribution in [0.4, 0.5) is 0 Å². The molecule has 0 aliphatic rings. The molecule has 1 aromatic heterocycles. The summed E-state index contributed by atoms with van der Waals surface area (Å²) in [7, 11) is 0. The van der Waals surface area contributed by atoms with Crippen LogP contribution in [0.3, 0.4) is 0 Å². The number of nitrogens with two attached hydrogens (primary N) is 1. The molecule has 6 nitrogen and oxygen atoms in total. The number of carboxylic acid groups (broad SMARTS) is 1. The number of rotatable bonds is 8. The van der Waals surface area contributed by atoms with Gasteiger partial charge in [0.2, 0.25) is 5.89 Å². The summed E-state index contributed by atoms with van der Waals surface area (Å²) in [6.07, 6.45) is 0.920. The first kappa shape index (κ1) is 21.5. The molecule has 1 heterocycles.